The summed E-state index contributed by atoms with van der Waals surface area (Å²) in [5, 5.41) is 14.9. The van der Waals surface area contributed by atoms with E-state index in [-0.39, 0.29) is 5.69 Å². The molecule has 0 aliphatic carbocycles. The number of aromatic carboxylic acids is 1. The van der Waals surface area contributed by atoms with E-state index < -0.39 is 5.97 Å². The molecule has 0 radical (unpaired) electrons. The first kappa shape index (κ1) is 18.9. The molecule has 0 unspecified atom stereocenters. The third-order valence-electron chi connectivity index (χ3n) is 4.74. The van der Waals surface area contributed by atoms with E-state index in [2.05, 4.69) is 4.98 Å². The van der Waals surface area contributed by atoms with Crippen molar-refractivity contribution in [1.29, 1.82) is 0 Å². The predicted octanol–water partition coefficient (Wildman–Crippen LogP) is 4.81. The minimum Gasteiger partial charge on any atom is -0.476 e. The molecule has 29 heavy (non-hydrogen) atoms. The predicted molar refractivity (Wildman–Crippen MR) is 116 cm³/mol. The van der Waals surface area contributed by atoms with Crippen LogP contribution in [-0.4, -0.2) is 25.8 Å². The lowest BCUT2D eigenvalue weighted by Crippen LogP contribution is -2.03. The Morgan fingerprint density at radius 1 is 1.10 bits per heavy atom. The van der Waals surface area contributed by atoms with Crippen LogP contribution in [0.4, 0.5) is 5.69 Å². The average Bonchev–Trinajstić information content (AvgIpc) is 3.31. The second-order valence-electron chi connectivity index (χ2n) is 6.65. The van der Waals surface area contributed by atoms with Crippen LogP contribution in [0.15, 0.2) is 54.6 Å². The Morgan fingerprint density at radius 3 is 2.38 bits per heavy atom. The number of rotatable bonds is 5. The number of nitrogen functional groups attached to an aromatic ring is 1. The van der Waals surface area contributed by atoms with Gasteiger partial charge in [-0.25, -0.2) is 14.5 Å². The zero-order valence-electron chi connectivity index (χ0n) is 16.1. The molecule has 6 nitrogen and oxygen atoms in total. The van der Waals surface area contributed by atoms with Crippen molar-refractivity contribution in [2.24, 2.45) is 0 Å². The molecule has 4 rings (SSSR count). The molecule has 2 aromatic carbocycles. The third kappa shape index (κ3) is 3.40. The molecule has 0 fully saturated rings. The summed E-state index contributed by atoms with van der Waals surface area (Å²) >= 11 is 1.35. The van der Waals surface area contributed by atoms with Gasteiger partial charge >= 0.3 is 5.97 Å². The maximum atomic E-state index is 11.6. The van der Waals surface area contributed by atoms with E-state index in [0.717, 1.165) is 33.0 Å². The number of benzene rings is 2. The first-order valence-corrected chi connectivity index (χ1v) is 10.1. The lowest BCUT2D eigenvalue weighted by Gasteiger charge is -2.06. The van der Waals surface area contributed by atoms with Gasteiger partial charge in [0, 0.05) is 27.3 Å². The third-order valence-corrected chi connectivity index (χ3v) is 5.92. The number of hydrogen-bond acceptors (Lipinski definition) is 5. The highest BCUT2D eigenvalue weighted by Crippen LogP contribution is 2.35. The van der Waals surface area contributed by atoms with Gasteiger partial charge in [0.25, 0.3) is 0 Å². The van der Waals surface area contributed by atoms with Crippen molar-refractivity contribution in [1.82, 2.24) is 14.8 Å². The molecule has 2 aromatic heterocycles. The number of nitrogens with two attached hydrogens (primary N) is 1. The van der Waals surface area contributed by atoms with Crippen LogP contribution in [0.1, 0.15) is 27.9 Å². The normalized spacial score (nSPS) is 11.0. The molecule has 0 atom stereocenters. The van der Waals surface area contributed by atoms with Crippen molar-refractivity contribution in [2.75, 3.05) is 5.73 Å². The molecule has 146 valence electrons. The second-order valence-corrected chi connectivity index (χ2v) is 7.71. The number of thiazole rings is 1. The van der Waals surface area contributed by atoms with E-state index in [0.29, 0.717) is 17.2 Å². The van der Waals surface area contributed by atoms with Crippen molar-refractivity contribution >= 4 is 23.0 Å². The van der Waals surface area contributed by atoms with Crippen molar-refractivity contribution in [3.8, 4) is 27.6 Å². The van der Waals surface area contributed by atoms with Gasteiger partial charge in [-0.2, -0.15) is 5.10 Å². The van der Waals surface area contributed by atoms with Crippen LogP contribution >= 0.6 is 11.3 Å². The van der Waals surface area contributed by atoms with Gasteiger partial charge in [-0.1, -0.05) is 60.7 Å². The minimum absolute atomic E-state index is 0.0881. The monoisotopic (exact) mass is 404 g/mol. The SMILES string of the molecule is CCc1sc(-n2nc(-c3ccccc3)c(C)c2-c2ccc(N)cc2)nc1C(=O)O. The number of carbonyl (C=O) groups is 1. The van der Waals surface area contributed by atoms with E-state index in [9.17, 15) is 9.90 Å². The van der Waals surface area contributed by atoms with Crippen molar-refractivity contribution in [2.45, 2.75) is 20.3 Å². The van der Waals surface area contributed by atoms with E-state index in [1.807, 2.05) is 68.4 Å². The molecule has 0 bridgehead atoms. The minimum atomic E-state index is -1.02. The van der Waals surface area contributed by atoms with Gasteiger partial charge in [-0.3, -0.25) is 0 Å². The highest BCUT2D eigenvalue weighted by atomic mass is 32.1. The molecule has 2 heterocycles. The molecule has 4 aromatic rings. The molecule has 0 amide bonds. The van der Waals surface area contributed by atoms with Crippen LogP contribution in [-0.2, 0) is 6.42 Å². The molecule has 7 heteroatoms. The number of hydrogen-bond donors (Lipinski definition) is 2. The van der Waals surface area contributed by atoms with Gasteiger partial charge in [-0.15, -0.1) is 0 Å². The van der Waals surface area contributed by atoms with Crippen LogP contribution in [0.2, 0.25) is 0 Å². The van der Waals surface area contributed by atoms with E-state index in [1.165, 1.54) is 11.3 Å². The van der Waals surface area contributed by atoms with Gasteiger partial charge in [0.1, 0.15) is 0 Å². The lowest BCUT2D eigenvalue weighted by atomic mass is 10.0. The standard InChI is InChI=1S/C22H20N4O2S/c1-3-17-19(21(27)28)24-22(29-17)26-20(15-9-11-16(23)12-10-15)13(2)18(25-26)14-7-5-4-6-8-14/h4-12H,3,23H2,1-2H3,(H,27,28). The smallest absolute Gasteiger partial charge is 0.355 e. The number of aromatic nitrogens is 3. The molecule has 0 aliphatic rings. The molecule has 0 saturated heterocycles. The molecule has 0 aliphatic heterocycles. The molecular formula is C22H20N4O2S. The maximum absolute atomic E-state index is 11.6. The number of carboxylic acids is 1. The Hall–Kier alpha value is -3.45. The van der Waals surface area contributed by atoms with Crippen LogP contribution < -0.4 is 5.73 Å². The summed E-state index contributed by atoms with van der Waals surface area (Å²) in [4.78, 5) is 16.7. The highest BCUT2D eigenvalue weighted by molar-refractivity contribution is 7.14. The number of aryl methyl sites for hydroxylation is 1. The fourth-order valence-corrected chi connectivity index (χ4v) is 4.27. The molecule has 0 spiro atoms. The fourth-order valence-electron chi connectivity index (χ4n) is 3.32. The van der Waals surface area contributed by atoms with Gasteiger partial charge in [0.05, 0.1) is 11.4 Å². The van der Waals surface area contributed by atoms with Crippen molar-refractivity contribution < 1.29 is 9.90 Å². The first-order chi connectivity index (χ1) is 14.0. The van der Waals surface area contributed by atoms with Crippen LogP contribution in [0, 0.1) is 6.92 Å². The second kappa shape index (κ2) is 7.52. The zero-order chi connectivity index (χ0) is 20.5. The van der Waals surface area contributed by atoms with E-state index in [4.69, 9.17) is 10.8 Å². The summed E-state index contributed by atoms with van der Waals surface area (Å²) in [5.74, 6) is -1.02. The summed E-state index contributed by atoms with van der Waals surface area (Å²) in [6, 6.07) is 17.5. The van der Waals surface area contributed by atoms with Crippen LogP contribution in [0.5, 0.6) is 0 Å². The summed E-state index contributed by atoms with van der Waals surface area (Å²) in [7, 11) is 0. The topological polar surface area (TPSA) is 94.0 Å². The van der Waals surface area contributed by atoms with Crippen LogP contribution in [0.25, 0.3) is 27.6 Å². The van der Waals surface area contributed by atoms with Gasteiger partial charge in [0.2, 0.25) is 5.13 Å². The summed E-state index contributed by atoms with van der Waals surface area (Å²) < 4.78 is 1.75. The van der Waals surface area contributed by atoms with Gasteiger partial charge in [0.15, 0.2) is 5.69 Å². The molecular weight excluding hydrogens is 384 g/mol. The molecule has 3 N–H and O–H groups in total. The van der Waals surface area contributed by atoms with E-state index >= 15 is 0 Å². The molecule has 0 saturated carbocycles. The Morgan fingerprint density at radius 2 is 1.79 bits per heavy atom. The maximum Gasteiger partial charge on any atom is 0.355 e. The van der Waals surface area contributed by atoms with Crippen molar-refractivity contribution in [3.05, 3.63) is 70.7 Å². The largest absolute Gasteiger partial charge is 0.476 e. The number of nitrogens with zero attached hydrogens (tertiary/aromatic N) is 3. The quantitative estimate of drug-likeness (QED) is 0.465. The van der Waals surface area contributed by atoms with Crippen LogP contribution in [0.3, 0.4) is 0 Å². The van der Waals surface area contributed by atoms with Gasteiger partial charge < -0.3 is 10.8 Å². The Labute approximate surface area is 172 Å². The van der Waals surface area contributed by atoms with Crippen molar-refractivity contribution in [3.63, 3.8) is 0 Å². The average molecular weight is 404 g/mol. The summed E-state index contributed by atoms with van der Waals surface area (Å²) in [6.07, 6.45) is 0.600. The summed E-state index contributed by atoms with van der Waals surface area (Å²) in [5.41, 5.74) is 11.3. The fraction of sp³-hybridized carbons (Fsp3) is 0.136. The Kier molecular flexibility index (Phi) is 4.90. The van der Waals surface area contributed by atoms with E-state index in [1.54, 1.807) is 4.68 Å². The Bertz CT molecular complexity index is 1180. The number of anilines is 1. The lowest BCUT2D eigenvalue weighted by molar-refractivity contribution is 0.0690. The number of carboxylic acid groups (broad SMARTS) is 1. The highest BCUT2D eigenvalue weighted by Gasteiger charge is 2.23. The Balaban J connectivity index is 1.97. The van der Waals surface area contributed by atoms with Gasteiger partial charge in [-0.05, 0) is 25.5 Å². The zero-order valence-corrected chi connectivity index (χ0v) is 16.9. The summed E-state index contributed by atoms with van der Waals surface area (Å²) in [6.45, 7) is 3.94. The first-order valence-electron chi connectivity index (χ1n) is 9.24.